The van der Waals surface area contributed by atoms with E-state index in [2.05, 4.69) is 15.4 Å². The summed E-state index contributed by atoms with van der Waals surface area (Å²) in [5.74, 6) is 0.817. The van der Waals surface area contributed by atoms with Crippen LogP contribution in [0.1, 0.15) is 24.2 Å². The Kier molecular flexibility index (Phi) is 3.73. The monoisotopic (exact) mass is 296 g/mol. The van der Waals surface area contributed by atoms with Crippen LogP contribution < -0.4 is 5.32 Å². The summed E-state index contributed by atoms with van der Waals surface area (Å²) >= 11 is 12.0. The lowest BCUT2D eigenvalue weighted by molar-refractivity contribution is 0.628. The molecule has 0 aliphatic heterocycles. The Morgan fingerprint density at radius 2 is 2.16 bits per heavy atom. The molecule has 1 N–H and O–H groups in total. The minimum absolute atomic E-state index is 0.604. The average Bonchev–Trinajstić information content (AvgIpc) is 3.10. The van der Waals surface area contributed by atoms with E-state index >= 15 is 0 Å². The van der Waals surface area contributed by atoms with E-state index in [9.17, 15) is 0 Å². The lowest BCUT2D eigenvalue weighted by Gasteiger charge is -2.04. The highest BCUT2D eigenvalue weighted by molar-refractivity contribution is 6.35. The van der Waals surface area contributed by atoms with Crippen LogP contribution >= 0.6 is 23.2 Å². The highest BCUT2D eigenvalue weighted by Gasteiger charge is 2.20. The van der Waals surface area contributed by atoms with Crippen molar-refractivity contribution in [3.05, 3.63) is 46.0 Å². The van der Waals surface area contributed by atoms with Gasteiger partial charge in [-0.25, -0.2) is 9.67 Å². The Bertz CT molecular complexity index is 578. The number of nitrogens with one attached hydrogen (secondary N) is 1. The van der Waals surface area contributed by atoms with Crippen molar-refractivity contribution in [2.75, 3.05) is 0 Å². The second-order valence-corrected chi connectivity index (χ2v) is 5.59. The van der Waals surface area contributed by atoms with Crippen LogP contribution in [0.15, 0.2) is 24.5 Å². The van der Waals surface area contributed by atoms with Gasteiger partial charge in [0.15, 0.2) is 5.82 Å². The molecule has 1 aliphatic carbocycles. The molecule has 2 aromatic rings. The third kappa shape index (κ3) is 3.47. The minimum atomic E-state index is 0.604. The van der Waals surface area contributed by atoms with E-state index in [1.807, 2.05) is 12.1 Å². The highest BCUT2D eigenvalue weighted by atomic mass is 35.5. The molecule has 0 spiro atoms. The van der Waals surface area contributed by atoms with Crippen LogP contribution in [0.25, 0.3) is 0 Å². The fourth-order valence-electron chi connectivity index (χ4n) is 1.84. The maximum absolute atomic E-state index is 6.14. The van der Waals surface area contributed by atoms with Crippen molar-refractivity contribution >= 4 is 23.2 Å². The number of hydrogen-bond donors (Lipinski definition) is 1. The molecule has 100 valence electrons. The van der Waals surface area contributed by atoms with Crippen molar-refractivity contribution in [3.63, 3.8) is 0 Å². The molecule has 0 bridgehead atoms. The first-order valence-electron chi connectivity index (χ1n) is 6.26. The van der Waals surface area contributed by atoms with Gasteiger partial charge in [0.1, 0.15) is 6.33 Å². The molecule has 1 heterocycles. The van der Waals surface area contributed by atoms with Gasteiger partial charge in [0.25, 0.3) is 0 Å². The third-order valence-corrected chi connectivity index (χ3v) is 3.64. The molecule has 0 saturated heterocycles. The van der Waals surface area contributed by atoms with Crippen LogP contribution in [0, 0.1) is 0 Å². The number of hydrogen-bond acceptors (Lipinski definition) is 3. The SMILES string of the molecule is Clc1ccc(Cn2cnc(CNC3CC3)n2)c(Cl)c1. The smallest absolute Gasteiger partial charge is 0.164 e. The summed E-state index contributed by atoms with van der Waals surface area (Å²) < 4.78 is 1.79. The van der Waals surface area contributed by atoms with Gasteiger partial charge in [0.2, 0.25) is 0 Å². The Labute approximate surface area is 121 Å². The van der Waals surface area contributed by atoms with Crippen LogP contribution in [-0.4, -0.2) is 20.8 Å². The van der Waals surface area contributed by atoms with E-state index < -0.39 is 0 Å². The van der Waals surface area contributed by atoms with Gasteiger partial charge in [-0.3, -0.25) is 0 Å². The standard InChI is InChI=1S/C13H14Cl2N4/c14-10-2-1-9(12(15)5-10)7-19-8-17-13(18-19)6-16-11-3-4-11/h1-2,5,8,11,16H,3-4,6-7H2. The zero-order valence-electron chi connectivity index (χ0n) is 10.3. The molecule has 0 radical (unpaired) electrons. The molecule has 6 heteroatoms. The normalized spacial score (nSPS) is 14.8. The first-order valence-corrected chi connectivity index (χ1v) is 7.02. The van der Waals surface area contributed by atoms with E-state index in [1.54, 1.807) is 17.1 Å². The van der Waals surface area contributed by atoms with Gasteiger partial charge >= 0.3 is 0 Å². The molecule has 19 heavy (non-hydrogen) atoms. The zero-order valence-corrected chi connectivity index (χ0v) is 11.8. The fraction of sp³-hybridized carbons (Fsp3) is 0.385. The molecule has 1 aromatic heterocycles. The van der Waals surface area contributed by atoms with Gasteiger partial charge in [0, 0.05) is 16.1 Å². The molecular formula is C13H14Cl2N4. The van der Waals surface area contributed by atoms with Crippen LogP contribution in [0.5, 0.6) is 0 Å². The van der Waals surface area contributed by atoms with Crippen molar-refractivity contribution < 1.29 is 0 Å². The lowest BCUT2D eigenvalue weighted by Crippen LogP contribution is -2.16. The van der Waals surface area contributed by atoms with Crippen molar-refractivity contribution in [1.82, 2.24) is 20.1 Å². The number of aromatic nitrogens is 3. The summed E-state index contributed by atoms with van der Waals surface area (Å²) in [4.78, 5) is 4.28. The average molecular weight is 297 g/mol. The Morgan fingerprint density at radius 1 is 1.32 bits per heavy atom. The predicted molar refractivity (Wildman–Crippen MR) is 75.4 cm³/mol. The molecular weight excluding hydrogens is 283 g/mol. The fourth-order valence-corrected chi connectivity index (χ4v) is 2.31. The second kappa shape index (κ2) is 5.49. The van der Waals surface area contributed by atoms with Crippen molar-refractivity contribution in [1.29, 1.82) is 0 Å². The van der Waals surface area contributed by atoms with Crippen LogP contribution in [-0.2, 0) is 13.1 Å². The van der Waals surface area contributed by atoms with E-state index in [1.165, 1.54) is 12.8 Å². The lowest BCUT2D eigenvalue weighted by atomic mass is 10.2. The van der Waals surface area contributed by atoms with Crippen molar-refractivity contribution in [3.8, 4) is 0 Å². The van der Waals surface area contributed by atoms with Crippen LogP contribution in [0.4, 0.5) is 0 Å². The zero-order chi connectivity index (χ0) is 13.2. The molecule has 1 saturated carbocycles. The number of benzene rings is 1. The molecule has 1 aromatic carbocycles. The maximum Gasteiger partial charge on any atom is 0.164 e. The third-order valence-electron chi connectivity index (χ3n) is 3.06. The minimum Gasteiger partial charge on any atom is -0.307 e. The summed E-state index contributed by atoms with van der Waals surface area (Å²) in [7, 11) is 0. The molecule has 0 atom stereocenters. The first-order chi connectivity index (χ1) is 9.20. The quantitative estimate of drug-likeness (QED) is 0.922. The molecule has 1 fully saturated rings. The first kappa shape index (κ1) is 12.9. The molecule has 3 rings (SSSR count). The number of halogens is 2. The summed E-state index contributed by atoms with van der Waals surface area (Å²) in [5.41, 5.74) is 0.984. The largest absolute Gasteiger partial charge is 0.307 e. The predicted octanol–water partition coefficient (Wildman–Crippen LogP) is 2.89. The second-order valence-electron chi connectivity index (χ2n) is 4.75. The van der Waals surface area contributed by atoms with E-state index in [-0.39, 0.29) is 0 Å². The molecule has 0 unspecified atom stereocenters. The van der Waals surface area contributed by atoms with Crippen molar-refractivity contribution in [2.24, 2.45) is 0 Å². The Balaban J connectivity index is 1.65. The molecule has 0 amide bonds. The van der Waals surface area contributed by atoms with Crippen LogP contribution in [0.3, 0.4) is 0 Å². The van der Waals surface area contributed by atoms with Gasteiger partial charge in [-0.05, 0) is 30.5 Å². The van der Waals surface area contributed by atoms with Gasteiger partial charge in [0.05, 0.1) is 13.1 Å². The van der Waals surface area contributed by atoms with E-state index in [4.69, 9.17) is 23.2 Å². The summed E-state index contributed by atoms with van der Waals surface area (Å²) in [6.07, 6.45) is 4.26. The maximum atomic E-state index is 6.14. The molecule has 1 aliphatic rings. The number of rotatable bonds is 5. The Hall–Kier alpha value is -1.10. The van der Waals surface area contributed by atoms with E-state index in [0.717, 1.165) is 17.9 Å². The van der Waals surface area contributed by atoms with Gasteiger partial charge in [-0.15, -0.1) is 0 Å². The topological polar surface area (TPSA) is 42.7 Å². The number of nitrogens with zero attached hydrogens (tertiary/aromatic N) is 3. The Morgan fingerprint density at radius 3 is 2.89 bits per heavy atom. The van der Waals surface area contributed by atoms with Gasteiger partial charge < -0.3 is 5.32 Å². The van der Waals surface area contributed by atoms with Crippen LogP contribution in [0.2, 0.25) is 10.0 Å². The summed E-state index contributed by atoms with van der Waals surface area (Å²) in [6, 6.07) is 6.15. The highest BCUT2D eigenvalue weighted by Crippen LogP contribution is 2.21. The van der Waals surface area contributed by atoms with E-state index in [0.29, 0.717) is 22.6 Å². The van der Waals surface area contributed by atoms with Gasteiger partial charge in [-0.1, -0.05) is 29.3 Å². The molecule has 4 nitrogen and oxygen atoms in total. The summed E-state index contributed by atoms with van der Waals surface area (Å²) in [6.45, 7) is 1.33. The summed E-state index contributed by atoms with van der Waals surface area (Å²) in [5, 5.41) is 9.10. The van der Waals surface area contributed by atoms with Crippen molar-refractivity contribution in [2.45, 2.75) is 32.0 Å². The van der Waals surface area contributed by atoms with Gasteiger partial charge in [-0.2, -0.15) is 5.10 Å².